The fraction of sp³-hybridized carbons (Fsp3) is 0.667. The van der Waals surface area contributed by atoms with Gasteiger partial charge in [-0.3, -0.25) is 9.48 Å². The molecule has 4 heteroatoms. The third kappa shape index (κ3) is 2.02. The molecule has 1 saturated carbocycles. The van der Waals surface area contributed by atoms with E-state index in [1.165, 1.54) is 6.42 Å². The molecule has 88 valence electrons. The summed E-state index contributed by atoms with van der Waals surface area (Å²) in [7, 11) is 0. The molecule has 1 aromatic rings. The van der Waals surface area contributed by atoms with Crippen LogP contribution in [-0.4, -0.2) is 21.1 Å². The fourth-order valence-electron chi connectivity index (χ4n) is 2.35. The molecule has 2 rings (SSSR count). The molecule has 0 amide bonds. The maximum absolute atomic E-state index is 12.3. The highest BCUT2D eigenvalue weighted by molar-refractivity contribution is 6.02. The topological polar surface area (TPSA) is 60.9 Å². The largest absolute Gasteiger partial charge is 0.319 e. The van der Waals surface area contributed by atoms with E-state index in [0.717, 1.165) is 32.2 Å². The second-order valence-electron chi connectivity index (χ2n) is 4.63. The van der Waals surface area contributed by atoms with Gasteiger partial charge in [-0.15, -0.1) is 0 Å². The van der Waals surface area contributed by atoms with E-state index in [0.29, 0.717) is 5.56 Å². The zero-order chi connectivity index (χ0) is 11.6. The Bertz CT molecular complexity index is 377. The number of nitrogens with zero attached hydrogens (tertiary/aromatic N) is 2. The molecule has 0 aromatic carbocycles. The minimum absolute atomic E-state index is 0.0619. The summed E-state index contributed by atoms with van der Waals surface area (Å²) in [5.74, 6) is 0.0619. The first-order valence-electron chi connectivity index (χ1n) is 6.02. The third-order valence-electron chi connectivity index (χ3n) is 3.42. The summed E-state index contributed by atoms with van der Waals surface area (Å²) in [6, 6.07) is 0. The average Bonchev–Trinajstić information content (AvgIpc) is 2.77. The Balaban J connectivity index is 2.17. The number of rotatable bonds is 3. The number of hydrogen-bond donors (Lipinski definition) is 1. The lowest BCUT2D eigenvalue weighted by molar-refractivity contribution is 0.0848. The van der Waals surface area contributed by atoms with E-state index in [1.807, 2.05) is 6.92 Å². The van der Waals surface area contributed by atoms with Crippen molar-refractivity contribution in [2.45, 2.75) is 51.1 Å². The smallest absolute Gasteiger partial charge is 0.185 e. The molecule has 0 unspecified atom stereocenters. The predicted molar refractivity (Wildman–Crippen MR) is 62.2 cm³/mol. The Kier molecular flexibility index (Phi) is 3.10. The van der Waals surface area contributed by atoms with Crippen molar-refractivity contribution in [3.8, 4) is 0 Å². The van der Waals surface area contributed by atoms with Crippen molar-refractivity contribution in [2.75, 3.05) is 0 Å². The van der Waals surface area contributed by atoms with Gasteiger partial charge in [0.25, 0.3) is 0 Å². The van der Waals surface area contributed by atoms with Crippen LogP contribution in [0.1, 0.15) is 49.4 Å². The first kappa shape index (κ1) is 11.3. The number of hydrogen-bond acceptors (Lipinski definition) is 3. The lowest BCUT2D eigenvalue weighted by Crippen LogP contribution is -2.49. The first-order chi connectivity index (χ1) is 7.65. The van der Waals surface area contributed by atoms with Crippen LogP contribution in [0, 0.1) is 0 Å². The molecule has 0 bridgehead atoms. The number of carbonyl (C=O) groups is 1. The SMILES string of the molecule is CCn1cc(C(=O)C2(N)CCCCC2)cn1. The van der Waals surface area contributed by atoms with E-state index >= 15 is 0 Å². The van der Waals surface area contributed by atoms with E-state index in [2.05, 4.69) is 5.10 Å². The highest BCUT2D eigenvalue weighted by Crippen LogP contribution is 2.28. The number of carbonyl (C=O) groups excluding carboxylic acids is 1. The molecule has 0 spiro atoms. The third-order valence-corrected chi connectivity index (χ3v) is 3.42. The monoisotopic (exact) mass is 221 g/mol. The van der Waals surface area contributed by atoms with Crippen molar-refractivity contribution in [2.24, 2.45) is 5.73 Å². The summed E-state index contributed by atoms with van der Waals surface area (Å²) in [4.78, 5) is 12.3. The molecule has 4 nitrogen and oxygen atoms in total. The summed E-state index contributed by atoms with van der Waals surface area (Å²) in [6.45, 7) is 2.78. The second kappa shape index (κ2) is 4.37. The molecule has 0 saturated heterocycles. The maximum atomic E-state index is 12.3. The van der Waals surface area contributed by atoms with Crippen molar-refractivity contribution in [3.05, 3.63) is 18.0 Å². The van der Waals surface area contributed by atoms with Gasteiger partial charge in [0.15, 0.2) is 5.78 Å². The Morgan fingerprint density at radius 3 is 2.75 bits per heavy atom. The Hall–Kier alpha value is -1.16. The molecule has 1 aromatic heterocycles. The van der Waals surface area contributed by atoms with Gasteiger partial charge < -0.3 is 5.73 Å². The van der Waals surface area contributed by atoms with E-state index < -0.39 is 5.54 Å². The van der Waals surface area contributed by atoms with Gasteiger partial charge >= 0.3 is 0 Å². The Labute approximate surface area is 95.8 Å². The lowest BCUT2D eigenvalue weighted by Gasteiger charge is -2.31. The van der Waals surface area contributed by atoms with Crippen LogP contribution in [0.4, 0.5) is 0 Å². The van der Waals surface area contributed by atoms with E-state index in [9.17, 15) is 4.79 Å². The van der Waals surface area contributed by atoms with E-state index in [1.54, 1.807) is 17.1 Å². The molecule has 1 aliphatic carbocycles. The van der Waals surface area contributed by atoms with Crippen molar-refractivity contribution in [1.82, 2.24) is 9.78 Å². The number of aromatic nitrogens is 2. The van der Waals surface area contributed by atoms with Gasteiger partial charge in [0.1, 0.15) is 0 Å². The predicted octanol–water partition coefficient (Wildman–Crippen LogP) is 1.75. The zero-order valence-corrected chi connectivity index (χ0v) is 9.78. The highest BCUT2D eigenvalue weighted by Gasteiger charge is 2.36. The normalized spacial score (nSPS) is 19.6. The number of Topliss-reactive ketones (excluding diaryl/α,β-unsaturated/α-hetero) is 1. The van der Waals surface area contributed by atoms with Crippen LogP contribution in [0.25, 0.3) is 0 Å². The fourth-order valence-corrected chi connectivity index (χ4v) is 2.35. The van der Waals surface area contributed by atoms with Gasteiger partial charge in [0.2, 0.25) is 0 Å². The number of ketones is 1. The molecule has 1 heterocycles. The Morgan fingerprint density at radius 1 is 1.50 bits per heavy atom. The first-order valence-corrected chi connectivity index (χ1v) is 6.02. The molecular formula is C12H19N3O. The average molecular weight is 221 g/mol. The van der Waals surface area contributed by atoms with Crippen LogP contribution in [0.15, 0.2) is 12.4 Å². The van der Waals surface area contributed by atoms with Gasteiger partial charge in [0, 0.05) is 12.7 Å². The highest BCUT2D eigenvalue weighted by atomic mass is 16.1. The van der Waals surface area contributed by atoms with Gasteiger partial charge in [-0.25, -0.2) is 0 Å². The van der Waals surface area contributed by atoms with Crippen LogP contribution >= 0.6 is 0 Å². The van der Waals surface area contributed by atoms with Gasteiger partial charge in [0.05, 0.1) is 17.3 Å². The molecule has 0 aliphatic heterocycles. The van der Waals surface area contributed by atoms with Crippen LogP contribution in [-0.2, 0) is 6.54 Å². The summed E-state index contributed by atoms with van der Waals surface area (Å²) in [6.07, 6.45) is 8.36. The van der Waals surface area contributed by atoms with Crippen LogP contribution in [0.5, 0.6) is 0 Å². The van der Waals surface area contributed by atoms with Crippen LogP contribution < -0.4 is 5.73 Å². The minimum atomic E-state index is -0.639. The molecule has 1 aliphatic rings. The minimum Gasteiger partial charge on any atom is -0.319 e. The van der Waals surface area contributed by atoms with Crippen molar-refractivity contribution < 1.29 is 4.79 Å². The van der Waals surface area contributed by atoms with Crippen molar-refractivity contribution >= 4 is 5.78 Å². The Morgan fingerprint density at radius 2 is 2.19 bits per heavy atom. The van der Waals surface area contributed by atoms with Crippen LogP contribution in [0.2, 0.25) is 0 Å². The van der Waals surface area contributed by atoms with Crippen LogP contribution in [0.3, 0.4) is 0 Å². The molecule has 0 radical (unpaired) electrons. The maximum Gasteiger partial charge on any atom is 0.185 e. The molecular weight excluding hydrogens is 202 g/mol. The lowest BCUT2D eigenvalue weighted by atomic mass is 9.78. The van der Waals surface area contributed by atoms with E-state index in [-0.39, 0.29) is 5.78 Å². The van der Waals surface area contributed by atoms with Crippen molar-refractivity contribution in [3.63, 3.8) is 0 Å². The molecule has 16 heavy (non-hydrogen) atoms. The van der Waals surface area contributed by atoms with Gasteiger partial charge in [-0.05, 0) is 19.8 Å². The second-order valence-corrected chi connectivity index (χ2v) is 4.63. The van der Waals surface area contributed by atoms with Gasteiger partial charge in [-0.1, -0.05) is 19.3 Å². The van der Waals surface area contributed by atoms with Crippen molar-refractivity contribution in [1.29, 1.82) is 0 Å². The van der Waals surface area contributed by atoms with Gasteiger partial charge in [-0.2, -0.15) is 5.10 Å². The summed E-state index contributed by atoms with van der Waals surface area (Å²) in [5, 5.41) is 4.12. The molecule has 0 atom stereocenters. The molecule has 2 N–H and O–H groups in total. The van der Waals surface area contributed by atoms with E-state index in [4.69, 9.17) is 5.73 Å². The summed E-state index contributed by atoms with van der Waals surface area (Å²) < 4.78 is 1.76. The standard InChI is InChI=1S/C12H19N3O/c1-2-15-9-10(8-14-15)11(16)12(13)6-4-3-5-7-12/h8-9H,2-7,13H2,1H3. The summed E-state index contributed by atoms with van der Waals surface area (Å²) in [5.41, 5.74) is 6.22. The number of nitrogens with two attached hydrogens (primary N) is 1. The summed E-state index contributed by atoms with van der Waals surface area (Å²) >= 11 is 0. The molecule has 1 fully saturated rings. The zero-order valence-electron chi connectivity index (χ0n) is 9.78. The quantitative estimate of drug-likeness (QED) is 0.791. The number of aryl methyl sites for hydroxylation is 1.